The van der Waals surface area contributed by atoms with E-state index in [0.717, 1.165) is 63.7 Å². The van der Waals surface area contributed by atoms with Crippen LogP contribution in [0.25, 0.3) is 0 Å². The smallest absolute Gasteiger partial charge is 0.253 e. The van der Waals surface area contributed by atoms with Crippen molar-refractivity contribution in [2.24, 2.45) is 0 Å². The van der Waals surface area contributed by atoms with Gasteiger partial charge in [-0.3, -0.25) is 4.79 Å². The molecule has 1 aromatic carbocycles. The maximum atomic E-state index is 13.6. The molecule has 0 atom stereocenters. The van der Waals surface area contributed by atoms with E-state index >= 15 is 0 Å². The number of nitrogens with zero attached hydrogens (tertiary/aromatic N) is 3. The minimum Gasteiger partial charge on any atom is -0.370 e. The second kappa shape index (κ2) is 10.6. The molecule has 0 saturated carbocycles. The molecular weight excluding hydrogens is 398 g/mol. The molecule has 0 radical (unpaired) electrons. The summed E-state index contributed by atoms with van der Waals surface area (Å²) in [6.45, 7) is 8.28. The van der Waals surface area contributed by atoms with Crippen molar-refractivity contribution < 1.29 is 13.2 Å². The molecule has 0 aliphatic carbocycles. The first-order valence-corrected chi connectivity index (χ1v) is 13.1. The lowest BCUT2D eigenvalue weighted by atomic mass is 10.1. The SMILES string of the molecule is CCCCN(CC)C(=O)c1ccc(N2CCCCC2)c(S(=O)(=O)N2CCCCC2)c1. The zero-order valence-electron chi connectivity index (χ0n) is 18.6. The highest BCUT2D eigenvalue weighted by atomic mass is 32.2. The molecule has 2 aliphatic rings. The molecule has 6 nitrogen and oxygen atoms in total. The first kappa shape index (κ1) is 23.1. The molecular formula is C23H37N3O3S. The van der Waals surface area contributed by atoms with E-state index in [9.17, 15) is 13.2 Å². The van der Waals surface area contributed by atoms with E-state index in [1.165, 1.54) is 6.42 Å². The third-order valence-electron chi connectivity index (χ3n) is 6.29. The highest BCUT2D eigenvalue weighted by molar-refractivity contribution is 7.89. The monoisotopic (exact) mass is 435 g/mol. The Labute approximate surface area is 182 Å². The van der Waals surface area contributed by atoms with E-state index in [0.29, 0.717) is 36.6 Å². The topological polar surface area (TPSA) is 60.9 Å². The fourth-order valence-corrected chi connectivity index (χ4v) is 6.18. The third-order valence-corrected chi connectivity index (χ3v) is 8.21. The summed E-state index contributed by atoms with van der Waals surface area (Å²) in [7, 11) is -3.63. The molecule has 30 heavy (non-hydrogen) atoms. The second-order valence-electron chi connectivity index (χ2n) is 8.43. The number of sulfonamides is 1. The van der Waals surface area contributed by atoms with Crippen molar-refractivity contribution >= 4 is 21.6 Å². The maximum absolute atomic E-state index is 13.6. The number of carbonyl (C=O) groups excluding carboxylic acids is 1. The summed E-state index contributed by atoms with van der Waals surface area (Å²) in [5, 5.41) is 0. The Morgan fingerprint density at radius 1 is 0.967 bits per heavy atom. The molecule has 1 amide bonds. The molecule has 1 aromatic rings. The fourth-order valence-electron chi connectivity index (χ4n) is 4.43. The van der Waals surface area contributed by atoms with Gasteiger partial charge in [0.15, 0.2) is 0 Å². The summed E-state index contributed by atoms with van der Waals surface area (Å²) in [6, 6.07) is 5.32. The van der Waals surface area contributed by atoms with Crippen molar-refractivity contribution in [1.29, 1.82) is 0 Å². The standard InChI is InChI=1S/C23H37N3O3S/c1-3-5-14-24(4-2)23(27)20-12-13-21(25-15-8-6-9-16-25)22(19-20)30(28,29)26-17-10-7-11-18-26/h12-13,19H,3-11,14-18H2,1-2H3. The molecule has 3 rings (SSSR count). The Kier molecular flexibility index (Phi) is 8.17. The van der Waals surface area contributed by atoms with Gasteiger partial charge >= 0.3 is 0 Å². The van der Waals surface area contributed by atoms with Gasteiger partial charge in [-0.2, -0.15) is 4.31 Å². The molecule has 2 aliphatic heterocycles. The van der Waals surface area contributed by atoms with Crippen molar-refractivity contribution in [1.82, 2.24) is 9.21 Å². The summed E-state index contributed by atoms with van der Waals surface area (Å²) in [5.74, 6) is -0.0776. The van der Waals surface area contributed by atoms with Crippen molar-refractivity contribution in [3.05, 3.63) is 23.8 Å². The van der Waals surface area contributed by atoms with Gasteiger partial charge in [-0.05, 0) is 63.6 Å². The average Bonchev–Trinajstić information content (AvgIpc) is 2.80. The van der Waals surface area contributed by atoms with Crippen molar-refractivity contribution in [3.63, 3.8) is 0 Å². The number of amides is 1. The van der Waals surface area contributed by atoms with Crippen molar-refractivity contribution in [2.75, 3.05) is 44.2 Å². The van der Waals surface area contributed by atoms with Gasteiger partial charge < -0.3 is 9.80 Å². The highest BCUT2D eigenvalue weighted by Crippen LogP contribution is 2.32. The Hall–Kier alpha value is -1.60. The van der Waals surface area contributed by atoms with Crippen LogP contribution in [0.3, 0.4) is 0 Å². The molecule has 0 N–H and O–H groups in total. The van der Waals surface area contributed by atoms with Gasteiger partial charge in [-0.25, -0.2) is 8.42 Å². The van der Waals surface area contributed by atoms with Crippen LogP contribution in [0, 0.1) is 0 Å². The number of anilines is 1. The molecule has 2 saturated heterocycles. The number of unbranched alkanes of at least 4 members (excludes halogenated alkanes) is 1. The van der Waals surface area contributed by atoms with Gasteiger partial charge in [-0.15, -0.1) is 0 Å². The lowest BCUT2D eigenvalue weighted by molar-refractivity contribution is 0.0762. The zero-order chi connectivity index (χ0) is 21.6. The predicted octanol–water partition coefficient (Wildman–Crippen LogP) is 4.11. The van der Waals surface area contributed by atoms with Crippen LogP contribution in [0.2, 0.25) is 0 Å². The molecule has 0 unspecified atom stereocenters. The normalized spacial score (nSPS) is 18.4. The predicted molar refractivity (Wildman–Crippen MR) is 122 cm³/mol. The number of carbonyl (C=O) groups is 1. The number of piperidine rings is 2. The Balaban J connectivity index is 1.99. The van der Waals surface area contributed by atoms with E-state index in [4.69, 9.17) is 0 Å². The summed E-state index contributed by atoms with van der Waals surface area (Å²) in [6.07, 6.45) is 8.18. The lowest BCUT2D eigenvalue weighted by Gasteiger charge is -2.33. The van der Waals surface area contributed by atoms with Crippen LogP contribution in [-0.4, -0.2) is 62.8 Å². The fraction of sp³-hybridized carbons (Fsp3) is 0.696. The highest BCUT2D eigenvalue weighted by Gasteiger charge is 2.31. The van der Waals surface area contributed by atoms with Gasteiger partial charge in [0, 0.05) is 44.8 Å². The number of hydrogen-bond acceptors (Lipinski definition) is 4. The minimum atomic E-state index is -3.63. The van der Waals surface area contributed by atoms with Crippen LogP contribution < -0.4 is 4.90 Å². The van der Waals surface area contributed by atoms with Crippen LogP contribution in [0.1, 0.15) is 75.6 Å². The van der Waals surface area contributed by atoms with E-state index in [1.807, 2.05) is 24.0 Å². The zero-order valence-corrected chi connectivity index (χ0v) is 19.4. The molecule has 168 valence electrons. The second-order valence-corrected chi connectivity index (χ2v) is 10.3. The Morgan fingerprint density at radius 2 is 1.60 bits per heavy atom. The average molecular weight is 436 g/mol. The first-order valence-electron chi connectivity index (χ1n) is 11.7. The van der Waals surface area contributed by atoms with Gasteiger partial charge in [-0.1, -0.05) is 19.8 Å². The number of hydrogen-bond donors (Lipinski definition) is 0. The Bertz CT molecular complexity index is 813. The largest absolute Gasteiger partial charge is 0.370 e. The van der Waals surface area contributed by atoms with Gasteiger partial charge in [0.25, 0.3) is 5.91 Å². The van der Waals surface area contributed by atoms with Crippen LogP contribution in [0.15, 0.2) is 23.1 Å². The van der Waals surface area contributed by atoms with Crippen LogP contribution in [-0.2, 0) is 10.0 Å². The van der Waals surface area contributed by atoms with Crippen LogP contribution in [0.5, 0.6) is 0 Å². The first-order chi connectivity index (χ1) is 14.5. The molecule has 2 heterocycles. The van der Waals surface area contributed by atoms with Crippen LogP contribution >= 0.6 is 0 Å². The van der Waals surface area contributed by atoms with Crippen molar-refractivity contribution in [3.8, 4) is 0 Å². The summed E-state index contributed by atoms with van der Waals surface area (Å²) in [5.41, 5.74) is 1.23. The van der Waals surface area contributed by atoms with Gasteiger partial charge in [0.05, 0.1) is 5.69 Å². The molecule has 7 heteroatoms. The van der Waals surface area contributed by atoms with E-state index in [2.05, 4.69) is 11.8 Å². The lowest BCUT2D eigenvalue weighted by Crippen LogP contribution is -2.38. The van der Waals surface area contributed by atoms with E-state index in [1.54, 1.807) is 10.4 Å². The molecule has 0 spiro atoms. The molecule has 0 bridgehead atoms. The number of benzene rings is 1. The summed E-state index contributed by atoms with van der Waals surface area (Å²) in [4.78, 5) is 17.4. The molecule has 2 fully saturated rings. The maximum Gasteiger partial charge on any atom is 0.253 e. The van der Waals surface area contributed by atoms with Gasteiger partial charge in [0.2, 0.25) is 10.0 Å². The van der Waals surface area contributed by atoms with E-state index < -0.39 is 10.0 Å². The number of rotatable bonds is 8. The summed E-state index contributed by atoms with van der Waals surface area (Å²) < 4.78 is 28.8. The third kappa shape index (κ3) is 5.17. The summed E-state index contributed by atoms with van der Waals surface area (Å²) >= 11 is 0. The Morgan fingerprint density at radius 3 is 2.20 bits per heavy atom. The van der Waals surface area contributed by atoms with Gasteiger partial charge in [0.1, 0.15) is 4.90 Å². The quantitative estimate of drug-likeness (QED) is 0.616. The van der Waals surface area contributed by atoms with Crippen molar-refractivity contribution in [2.45, 2.75) is 70.1 Å². The van der Waals surface area contributed by atoms with E-state index in [-0.39, 0.29) is 5.91 Å². The molecule has 0 aromatic heterocycles. The van der Waals surface area contributed by atoms with Crippen LogP contribution in [0.4, 0.5) is 5.69 Å². The minimum absolute atomic E-state index is 0.0776.